The molecule has 0 fully saturated rings. The number of hydrogen-bond acceptors (Lipinski definition) is 1. The van der Waals surface area contributed by atoms with Gasteiger partial charge in [0.1, 0.15) is 0 Å². The second-order valence-electron chi connectivity index (χ2n) is 2.06. The van der Waals surface area contributed by atoms with Crippen LogP contribution in [0.25, 0.3) is 0 Å². The normalized spacial score (nSPS) is 9.88. The van der Waals surface area contributed by atoms with Crippen LogP contribution in [0.1, 0.15) is 20.3 Å². The molecule has 2 N–H and O–H groups in total. The zero-order valence-corrected chi connectivity index (χ0v) is 6.32. The smallest absolute Gasteiger partial charge is 0 e. The van der Waals surface area contributed by atoms with Crippen LogP contribution in [0.3, 0.4) is 0 Å². The molecule has 0 saturated heterocycles. The van der Waals surface area contributed by atoms with E-state index in [1.807, 2.05) is 6.08 Å². The summed E-state index contributed by atoms with van der Waals surface area (Å²) < 4.78 is 0. The first-order valence-corrected chi connectivity index (χ1v) is 2.64. The molecule has 0 spiro atoms. The van der Waals surface area contributed by atoms with Crippen LogP contribution in [-0.4, -0.2) is 0 Å². The predicted molar refractivity (Wildman–Crippen MR) is 32.8 cm³/mol. The molecular formula is C6H13NNi. The first kappa shape index (κ1) is 10.9. The maximum absolute atomic E-state index is 5.10. The van der Waals surface area contributed by atoms with Gasteiger partial charge in [0, 0.05) is 16.5 Å². The van der Waals surface area contributed by atoms with E-state index in [0.29, 0.717) is 0 Å². The molecule has 52 valence electrons. The van der Waals surface area contributed by atoms with Crippen molar-refractivity contribution in [1.29, 1.82) is 0 Å². The fourth-order valence-corrected chi connectivity index (χ4v) is 0.351. The summed E-state index contributed by atoms with van der Waals surface area (Å²) in [4.78, 5) is 0. The monoisotopic (exact) mass is 157 g/mol. The third kappa shape index (κ3) is 9.40. The van der Waals surface area contributed by atoms with Crippen molar-refractivity contribution in [3.8, 4) is 0 Å². The van der Waals surface area contributed by atoms with E-state index >= 15 is 0 Å². The Labute approximate surface area is 61.3 Å². The Bertz CT molecular complexity index is 59.5. The molecule has 0 amide bonds. The molecule has 0 unspecified atom stereocenters. The molecule has 0 saturated carbocycles. The third-order valence-electron chi connectivity index (χ3n) is 0.744. The minimum Gasteiger partial charge on any atom is -0.405 e. The van der Waals surface area contributed by atoms with E-state index in [9.17, 15) is 0 Å². The molecule has 2 heteroatoms. The van der Waals surface area contributed by atoms with Crippen molar-refractivity contribution in [3.63, 3.8) is 0 Å². The summed E-state index contributed by atoms with van der Waals surface area (Å²) in [6.45, 7) is 4.33. The van der Waals surface area contributed by atoms with Gasteiger partial charge in [0.2, 0.25) is 0 Å². The molecule has 0 bridgehead atoms. The maximum atomic E-state index is 5.10. The minimum atomic E-state index is 0. The maximum Gasteiger partial charge on any atom is 0 e. The standard InChI is InChI=1S/C6H13N.Ni/c1-6(2)4-3-5-7;/h3,5-6H,4,7H2,1-2H3;. The van der Waals surface area contributed by atoms with E-state index in [1.54, 1.807) is 6.20 Å². The molecular weight excluding hydrogens is 145 g/mol. The Hall–Kier alpha value is 0.0335. The van der Waals surface area contributed by atoms with Gasteiger partial charge < -0.3 is 5.73 Å². The van der Waals surface area contributed by atoms with Gasteiger partial charge in [0.15, 0.2) is 0 Å². The molecule has 0 aliphatic heterocycles. The van der Waals surface area contributed by atoms with Crippen molar-refractivity contribution in [2.45, 2.75) is 20.3 Å². The van der Waals surface area contributed by atoms with Crippen molar-refractivity contribution in [2.24, 2.45) is 11.7 Å². The Kier molecular flexibility index (Phi) is 9.60. The molecule has 0 aliphatic rings. The fraction of sp³-hybridized carbons (Fsp3) is 0.667. The van der Waals surface area contributed by atoms with Crippen LogP contribution in [0.15, 0.2) is 12.3 Å². The number of hydrogen-bond donors (Lipinski definition) is 1. The van der Waals surface area contributed by atoms with Gasteiger partial charge in [-0.15, -0.1) is 0 Å². The van der Waals surface area contributed by atoms with Gasteiger partial charge >= 0.3 is 0 Å². The molecule has 1 nitrogen and oxygen atoms in total. The van der Waals surface area contributed by atoms with Gasteiger partial charge in [-0.3, -0.25) is 0 Å². The van der Waals surface area contributed by atoms with Gasteiger partial charge in [0.05, 0.1) is 0 Å². The Morgan fingerprint density at radius 2 is 2.00 bits per heavy atom. The van der Waals surface area contributed by atoms with Crippen LogP contribution < -0.4 is 5.73 Å². The summed E-state index contributed by atoms with van der Waals surface area (Å²) >= 11 is 0. The van der Waals surface area contributed by atoms with Crippen molar-refractivity contribution >= 4 is 0 Å². The molecule has 0 aromatic rings. The van der Waals surface area contributed by atoms with E-state index in [4.69, 9.17) is 5.73 Å². The summed E-state index contributed by atoms with van der Waals surface area (Å²) in [6.07, 6.45) is 4.67. The van der Waals surface area contributed by atoms with Gasteiger partial charge in [0.25, 0.3) is 0 Å². The molecule has 0 aromatic carbocycles. The zero-order valence-electron chi connectivity index (χ0n) is 5.33. The minimum absolute atomic E-state index is 0. The first-order valence-electron chi connectivity index (χ1n) is 2.64. The van der Waals surface area contributed by atoms with Crippen LogP contribution in [0.5, 0.6) is 0 Å². The van der Waals surface area contributed by atoms with Crippen LogP contribution in [0.4, 0.5) is 0 Å². The quantitative estimate of drug-likeness (QED) is 0.605. The van der Waals surface area contributed by atoms with Crippen molar-refractivity contribution in [1.82, 2.24) is 0 Å². The molecule has 0 heterocycles. The van der Waals surface area contributed by atoms with E-state index in [1.165, 1.54) is 0 Å². The van der Waals surface area contributed by atoms with Crippen LogP contribution in [-0.2, 0) is 16.5 Å². The van der Waals surface area contributed by atoms with E-state index < -0.39 is 0 Å². The van der Waals surface area contributed by atoms with E-state index in [2.05, 4.69) is 13.8 Å². The predicted octanol–water partition coefficient (Wildman–Crippen LogP) is 1.50. The third-order valence-corrected chi connectivity index (χ3v) is 0.744. The zero-order chi connectivity index (χ0) is 5.70. The van der Waals surface area contributed by atoms with Crippen LogP contribution in [0.2, 0.25) is 0 Å². The Balaban J connectivity index is 0. The summed E-state index contributed by atoms with van der Waals surface area (Å²) in [6, 6.07) is 0. The molecule has 8 heavy (non-hydrogen) atoms. The molecule has 0 radical (unpaired) electrons. The van der Waals surface area contributed by atoms with Crippen LogP contribution >= 0.6 is 0 Å². The average molecular weight is 158 g/mol. The SMILES string of the molecule is CC(C)CC=CN.[Ni]. The molecule has 0 atom stereocenters. The number of rotatable bonds is 2. The van der Waals surface area contributed by atoms with Crippen molar-refractivity contribution in [2.75, 3.05) is 0 Å². The van der Waals surface area contributed by atoms with E-state index in [-0.39, 0.29) is 16.5 Å². The molecule has 0 aromatic heterocycles. The second-order valence-corrected chi connectivity index (χ2v) is 2.06. The number of allylic oxidation sites excluding steroid dienone is 1. The second kappa shape index (κ2) is 7.03. The van der Waals surface area contributed by atoms with E-state index in [0.717, 1.165) is 12.3 Å². The van der Waals surface area contributed by atoms with Gasteiger partial charge in [-0.25, -0.2) is 0 Å². The number of nitrogens with two attached hydrogens (primary N) is 1. The largest absolute Gasteiger partial charge is 0.405 e. The molecule has 0 rings (SSSR count). The summed E-state index contributed by atoms with van der Waals surface area (Å²) in [7, 11) is 0. The summed E-state index contributed by atoms with van der Waals surface area (Å²) in [5.41, 5.74) is 5.10. The van der Waals surface area contributed by atoms with Crippen molar-refractivity contribution in [3.05, 3.63) is 12.3 Å². The van der Waals surface area contributed by atoms with Crippen molar-refractivity contribution < 1.29 is 16.5 Å². The fourth-order valence-electron chi connectivity index (χ4n) is 0.351. The van der Waals surface area contributed by atoms with Crippen LogP contribution in [0, 0.1) is 5.92 Å². The van der Waals surface area contributed by atoms with Gasteiger partial charge in [-0.1, -0.05) is 19.9 Å². The summed E-state index contributed by atoms with van der Waals surface area (Å²) in [5.74, 6) is 0.736. The topological polar surface area (TPSA) is 26.0 Å². The first-order chi connectivity index (χ1) is 3.27. The average Bonchev–Trinajstić information content (AvgIpc) is 1.61. The Morgan fingerprint density at radius 1 is 1.50 bits per heavy atom. The molecule has 0 aliphatic carbocycles. The van der Waals surface area contributed by atoms with Gasteiger partial charge in [-0.2, -0.15) is 0 Å². The van der Waals surface area contributed by atoms with Gasteiger partial charge in [-0.05, 0) is 18.5 Å². The summed E-state index contributed by atoms with van der Waals surface area (Å²) in [5, 5.41) is 0. The Morgan fingerprint density at radius 3 is 2.12 bits per heavy atom.